The minimum absolute atomic E-state index is 0. The first-order valence-electron chi connectivity index (χ1n) is 4.89. The van der Waals surface area contributed by atoms with E-state index in [2.05, 4.69) is 5.32 Å². The van der Waals surface area contributed by atoms with E-state index in [1.54, 1.807) is 0 Å². The first-order chi connectivity index (χ1) is 6.79. The molecule has 1 unspecified atom stereocenters. The van der Waals surface area contributed by atoms with Crippen LogP contribution >= 0.6 is 12.4 Å². The maximum Gasteiger partial charge on any atom is 0.243 e. The molecule has 1 aromatic rings. The number of nitrogens with one attached hydrogen (secondary N) is 1. The van der Waals surface area contributed by atoms with Crippen molar-refractivity contribution in [2.45, 2.75) is 13.0 Å². The topological polar surface area (TPSA) is 32.3 Å². The van der Waals surface area contributed by atoms with Gasteiger partial charge in [-0.25, -0.2) is 0 Å². The summed E-state index contributed by atoms with van der Waals surface area (Å²) in [6, 6.07) is 9.74. The average Bonchev–Trinajstić information content (AvgIpc) is 2.23. The second kappa shape index (κ2) is 5.14. The monoisotopic (exact) mass is 226 g/mol. The van der Waals surface area contributed by atoms with Crippen molar-refractivity contribution in [1.82, 2.24) is 5.32 Å². The molecule has 4 heteroatoms. The Kier molecular flexibility index (Phi) is 4.12. The molecule has 1 fully saturated rings. The first-order valence-corrected chi connectivity index (χ1v) is 4.89. The molecule has 0 aliphatic carbocycles. The zero-order valence-corrected chi connectivity index (χ0v) is 9.46. The Balaban J connectivity index is 0.00000112. The van der Waals surface area contributed by atoms with Crippen molar-refractivity contribution < 1.29 is 4.79 Å². The number of nitrogens with zero attached hydrogens (tertiary/aromatic N) is 1. The SMILES string of the molecule is CC1NCCN(c2ccccc2)C1=O.Cl. The fourth-order valence-electron chi connectivity index (χ4n) is 1.69. The number of rotatable bonds is 1. The van der Waals surface area contributed by atoms with E-state index in [4.69, 9.17) is 0 Å². The Labute approximate surface area is 95.9 Å². The molecule has 1 heterocycles. The highest BCUT2D eigenvalue weighted by Crippen LogP contribution is 2.15. The highest BCUT2D eigenvalue weighted by molar-refractivity contribution is 5.97. The van der Waals surface area contributed by atoms with E-state index in [9.17, 15) is 4.79 Å². The third-order valence-electron chi connectivity index (χ3n) is 2.49. The Morgan fingerprint density at radius 1 is 1.33 bits per heavy atom. The van der Waals surface area contributed by atoms with Gasteiger partial charge in [-0.3, -0.25) is 4.79 Å². The summed E-state index contributed by atoms with van der Waals surface area (Å²) < 4.78 is 0. The molecule has 1 atom stereocenters. The van der Waals surface area contributed by atoms with E-state index in [0.29, 0.717) is 0 Å². The third-order valence-corrected chi connectivity index (χ3v) is 2.49. The number of benzene rings is 1. The Hall–Kier alpha value is -1.06. The van der Waals surface area contributed by atoms with Crippen molar-refractivity contribution in [1.29, 1.82) is 0 Å². The molecule has 15 heavy (non-hydrogen) atoms. The summed E-state index contributed by atoms with van der Waals surface area (Å²) in [6.45, 7) is 3.52. The lowest BCUT2D eigenvalue weighted by Crippen LogP contribution is -2.53. The van der Waals surface area contributed by atoms with Crippen molar-refractivity contribution in [3.63, 3.8) is 0 Å². The number of hydrogen-bond acceptors (Lipinski definition) is 2. The molecular weight excluding hydrogens is 212 g/mol. The van der Waals surface area contributed by atoms with Gasteiger partial charge in [-0.2, -0.15) is 0 Å². The molecule has 1 N–H and O–H groups in total. The average molecular weight is 227 g/mol. The summed E-state index contributed by atoms with van der Waals surface area (Å²) >= 11 is 0. The standard InChI is InChI=1S/C11H14N2O.ClH/c1-9-11(14)13(8-7-12-9)10-5-3-2-4-6-10;/h2-6,9,12H,7-8H2,1H3;1H. The number of para-hydroxylation sites is 1. The van der Waals surface area contributed by atoms with Gasteiger partial charge < -0.3 is 10.2 Å². The lowest BCUT2D eigenvalue weighted by molar-refractivity contribution is -0.121. The van der Waals surface area contributed by atoms with Gasteiger partial charge in [-0.05, 0) is 19.1 Å². The van der Waals surface area contributed by atoms with Crippen LogP contribution in [0.25, 0.3) is 0 Å². The number of carbonyl (C=O) groups is 1. The van der Waals surface area contributed by atoms with Crippen LogP contribution in [0.1, 0.15) is 6.92 Å². The van der Waals surface area contributed by atoms with E-state index < -0.39 is 0 Å². The van der Waals surface area contributed by atoms with Gasteiger partial charge in [-0.15, -0.1) is 12.4 Å². The van der Waals surface area contributed by atoms with Crippen molar-refractivity contribution >= 4 is 24.0 Å². The smallest absolute Gasteiger partial charge is 0.243 e. The molecule has 0 aromatic heterocycles. The van der Waals surface area contributed by atoms with Crippen molar-refractivity contribution in [2.24, 2.45) is 0 Å². The van der Waals surface area contributed by atoms with E-state index in [-0.39, 0.29) is 24.4 Å². The van der Waals surface area contributed by atoms with Gasteiger partial charge in [0.05, 0.1) is 6.04 Å². The Morgan fingerprint density at radius 3 is 2.67 bits per heavy atom. The van der Waals surface area contributed by atoms with Crippen LogP contribution in [0.4, 0.5) is 5.69 Å². The fraction of sp³-hybridized carbons (Fsp3) is 0.364. The molecule has 82 valence electrons. The van der Waals surface area contributed by atoms with E-state index in [0.717, 1.165) is 18.8 Å². The van der Waals surface area contributed by atoms with Gasteiger partial charge in [0.2, 0.25) is 5.91 Å². The number of hydrogen-bond donors (Lipinski definition) is 1. The molecule has 1 amide bonds. The molecule has 1 aliphatic rings. The second-order valence-corrected chi connectivity index (χ2v) is 3.50. The minimum atomic E-state index is -0.0658. The molecule has 0 saturated carbocycles. The maximum absolute atomic E-state index is 11.8. The van der Waals surface area contributed by atoms with Gasteiger partial charge in [0.1, 0.15) is 0 Å². The van der Waals surface area contributed by atoms with Gasteiger partial charge in [0.25, 0.3) is 0 Å². The molecule has 0 radical (unpaired) electrons. The molecule has 0 bridgehead atoms. The zero-order valence-electron chi connectivity index (χ0n) is 8.64. The fourth-order valence-corrected chi connectivity index (χ4v) is 1.69. The molecule has 2 rings (SSSR count). The third kappa shape index (κ3) is 2.49. The van der Waals surface area contributed by atoms with Crippen LogP contribution in [0.3, 0.4) is 0 Å². The number of carbonyl (C=O) groups excluding carboxylic acids is 1. The molecule has 0 spiro atoms. The summed E-state index contributed by atoms with van der Waals surface area (Å²) in [7, 11) is 0. The van der Waals surface area contributed by atoms with Crippen LogP contribution in [0.2, 0.25) is 0 Å². The second-order valence-electron chi connectivity index (χ2n) is 3.50. The van der Waals surface area contributed by atoms with Crippen LogP contribution in [-0.2, 0) is 4.79 Å². The minimum Gasteiger partial charge on any atom is -0.310 e. The van der Waals surface area contributed by atoms with Crippen molar-refractivity contribution in [2.75, 3.05) is 18.0 Å². The predicted octanol–water partition coefficient (Wildman–Crippen LogP) is 1.43. The highest BCUT2D eigenvalue weighted by Gasteiger charge is 2.25. The van der Waals surface area contributed by atoms with E-state index in [1.807, 2.05) is 42.2 Å². The first kappa shape index (κ1) is 12.0. The normalized spacial score (nSPS) is 21.0. The summed E-state index contributed by atoms with van der Waals surface area (Å²) in [5.74, 6) is 0.155. The van der Waals surface area contributed by atoms with Gasteiger partial charge in [-0.1, -0.05) is 18.2 Å². The quantitative estimate of drug-likeness (QED) is 0.786. The molecular formula is C11H15ClN2O. The van der Waals surface area contributed by atoms with Crippen LogP contribution < -0.4 is 10.2 Å². The highest BCUT2D eigenvalue weighted by atomic mass is 35.5. The summed E-state index contributed by atoms with van der Waals surface area (Å²) in [5, 5.41) is 3.14. The van der Waals surface area contributed by atoms with Crippen LogP contribution in [0.5, 0.6) is 0 Å². The van der Waals surface area contributed by atoms with Crippen LogP contribution in [-0.4, -0.2) is 25.0 Å². The molecule has 1 saturated heterocycles. The van der Waals surface area contributed by atoms with E-state index in [1.165, 1.54) is 0 Å². The van der Waals surface area contributed by atoms with Gasteiger partial charge in [0.15, 0.2) is 0 Å². The van der Waals surface area contributed by atoms with Crippen molar-refractivity contribution in [3.8, 4) is 0 Å². The van der Waals surface area contributed by atoms with Gasteiger partial charge in [0, 0.05) is 18.8 Å². The Bertz CT molecular complexity index is 329. The lowest BCUT2D eigenvalue weighted by atomic mass is 10.2. The van der Waals surface area contributed by atoms with Gasteiger partial charge >= 0.3 is 0 Å². The summed E-state index contributed by atoms with van der Waals surface area (Å²) in [5.41, 5.74) is 0.992. The zero-order chi connectivity index (χ0) is 9.97. The number of halogens is 1. The van der Waals surface area contributed by atoms with E-state index >= 15 is 0 Å². The van der Waals surface area contributed by atoms with Crippen molar-refractivity contribution in [3.05, 3.63) is 30.3 Å². The summed E-state index contributed by atoms with van der Waals surface area (Å²) in [4.78, 5) is 13.6. The maximum atomic E-state index is 11.8. The number of piperazine rings is 1. The lowest BCUT2D eigenvalue weighted by Gasteiger charge is -2.31. The number of anilines is 1. The molecule has 3 nitrogen and oxygen atoms in total. The van der Waals surface area contributed by atoms with Crippen LogP contribution in [0, 0.1) is 0 Å². The Morgan fingerprint density at radius 2 is 2.00 bits per heavy atom. The number of amides is 1. The molecule has 1 aromatic carbocycles. The molecule has 1 aliphatic heterocycles. The van der Waals surface area contributed by atoms with Crippen LogP contribution in [0.15, 0.2) is 30.3 Å². The predicted molar refractivity (Wildman–Crippen MR) is 63.5 cm³/mol. The largest absolute Gasteiger partial charge is 0.310 e. The summed E-state index contributed by atoms with van der Waals surface area (Å²) in [6.07, 6.45) is 0.